The second kappa shape index (κ2) is 6.24. The molecule has 0 saturated carbocycles. The highest BCUT2D eigenvalue weighted by Gasteiger charge is 2.09. The van der Waals surface area contributed by atoms with Gasteiger partial charge in [0.25, 0.3) is 5.91 Å². The number of carbonyl (C=O) groups is 1. The maximum absolute atomic E-state index is 11.4. The molecule has 0 saturated heterocycles. The van der Waals surface area contributed by atoms with Gasteiger partial charge in [-0.15, -0.1) is 0 Å². The maximum Gasteiger partial charge on any atom is 0.273 e. The van der Waals surface area contributed by atoms with E-state index in [1.54, 1.807) is 19.9 Å². The van der Waals surface area contributed by atoms with Gasteiger partial charge in [0.05, 0.1) is 6.10 Å². The Bertz CT molecular complexity index is 336. The summed E-state index contributed by atoms with van der Waals surface area (Å²) in [6.45, 7) is 5.03. The molecule has 0 aliphatic carbocycles. The fraction of sp³-hybridized carbons (Fsp3) is 0.600. The largest absolute Gasteiger partial charge is 0.392 e. The second-order valence-corrected chi connectivity index (χ2v) is 3.63. The van der Waals surface area contributed by atoms with Gasteiger partial charge in [-0.3, -0.25) is 4.79 Å². The van der Waals surface area contributed by atoms with Crippen LogP contribution in [0.25, 0.3) is 0 Å². The third-order valence-corrected chi connectivity index (χ3v) is 1.89. The molecule has 0 aliphatic heterocycles. The summed E-state index contributed by atoms with van der Waals surface area (Å²) in [6.07, 6.45) is -0.381. The van der Waals surface area contributed by atoms with Gasteiger partial charge in [-0.05, 0) is 13.8 Å². The third-order valence-electron chi connectivity index (χ3n) is 1.89. The molecule has 0 spiro atoms. The summed E-state index contributed by atoms with van der Waals surface area (Å²) in [5.41, 5.74) is 0.285. The molecule has 1 amide bonds. The van der Waals surface area contributed by atoms with Crippen LogP contribution in [0.2, 0.25) is 0 Å². The minimum absolute atomic E-state index is 0.254. The van der Waals surface area contributed by atoms with Crippen LogP contribution in [0.15, 0.2) is 10.6 Å². The average Bonchev–Trinajstić information content (AvgIpc) is 2.63. The first-order valence-electron chi connectivity index (χ1n) is 5.20. The van der Waals surface area contributed by atoms with Gasteiger partial charge in [0.2, 0.25) is 0 Å². The molecule has 0 aromatic carbocycles. The third kappa shape index (κ3) is 4.41. The molecule has 0 aliphatic rings. The van der Waals surface area contributed by atoms with Crippen molar-refractivity contribution in [2.45, 2.75) is 20.0 Å². The van der Waals surface area contributed by atoms with Crippen molar-refractivity contribution >= 4 is 5.91 Å². The molecule has 1 atom stereocenters. The summed E-state index contributed by atoms with van der Waals surface area (Å²) in [5, 5.41) is 18.2. The maximum atomic E-state index is 11.4. The summed E-state index contributed by atoms with van der Waals surface area (Å²) in [6, 6.07) is 1.58. The lowest BCUT2D eigenvalue weighted by Crippen LogP contribution is -2.34. The lowest BCUT2D eigenvalue weighted by molar-refractivity contribution is 0.0944. The number of hydrogen-bond acceptors (Lipinski definition) is 5. The van der Waals surface area contributed by atoms with Crippen LogP contribution >= 0.6 is 0 Å². The highest BCUT2D eigenvalue weighted by atomic mass is 16.5. The zero-order valence-corrected chi connectivity index (χ0v) is 9.49. The Hall–Kier alpha value is -1.40. The smallest absolute Gasteiger partial charge is 0.273 e. The Morgan fingerprint density at radius 2 is 2.38 bits per heavy atom. The molecular weight excluding hydrogens is 210 g/mol. The number of amides is 1. The molecule has 16 heavy (non-hydrogen) atoms. The molecule has 6 heteroatoms. The van der Waals surface area contributed by atoms with Crippen molar-refractivity contribution in [1.82, 2.24) is 15.8 Å². The Morgan fingerprint density at radius 3 is 2.94 bits per heavy atom. The van der Waals surface area contributed by atoms with Gasteiger partial charge in [-0.25, -0.2) is 0 Å². The van der Waals surface area contributed by atoms with Crippen LogP contribution in [0.3, 0.4) is 0 Å². The second-order valence-electron chi connectivity index (χ2n) is 3.63. The molecule has 1 rings (SSSR count). The van der Waals surface area contributed by atoms with Gasteiger partial charge < -0.3 is 20.3 Å². The number of aryl methyl sites for hydroxylation is 1. The normalized spacial score (nSPS) is 12.4. The van der Waals surface area contributed by atoms with E-state index >= 15 is 0 Å². The summed E-state index contributed by atoms with van der Waals surface area (Å²) < 4.78 is 4.79. The molecule has 6 nitrogen and oxygen atoms in total. The molecular formula is C10H17N3O3. The summed E-state index contributed by atoms with van der Waals surface area (Å²) in [5.74, 6) is 0.355. The summed E-state index contributed by atoms with van der Waals surface area (Å²) >= 11 is 0. The van der Waals surface area contributed by atoms with E-state index in [4.69, 9.17) is 9.63 Å². The van der Waals surface area contributed by atoms with Crippen LogP contribution in [0.1, 0.15) is 23.2 Å². The number of aromatic nitrogens is 1. The van der Waals surface area contributed by atoms with Crippen molar-refractivity contribution in [3.05, 3.63) is 17.5 Å². The molecule has 0 fully saturated rings. The first-order chi connectivity index (χ1) is 7.59. The molecule has 90 valence electrons. The monoisotopic (exact) mass is 227 g/mol. The van der Waals surface area contributed by atoms with E-state index in [9.17, 15) is 4.79 Å². The highest BCUT2D eigenvalue weighted by Crippen LogP contribution is 2.00. The first kappa shape index (κ1) is 12.7. The van der Waals surface area contributed by atoms with Crippen molar-refractivity contribution < 1.29 is 14.4 Å². The van der Waals surface area contributed by atoms with Crippen molar-refractivity contribution in [2.75, 3.05) is 19.6 Å². The SMILES string of the molecule is Cc1cc(C(=O)NCCNCC(C)O)no1. The van der Waals surface area contributed by atoms with Crippen molar-refractivity contribution in [3.63, 3.8) is 0 Å². The summed E-state index contributed by atoms with van der Waals surface area (Å²) in [4.78, 5) is 11.4. The molecule has 0 radical (unpaired) electrons. The minimum atomic E-state index is -0.381. The van der Waals surface area contributed by atoms with E-state index < -0.39 is 0 Å². The Balaban J connectivity index is 2.16. The summed E-state index contributed by atoms with van der Waals surface area (Å²) in [7, 11) is 0. The minimum Gasteiger partial charge on any atom is -0.392 e. The van der Waals surface area contributed by atoms with Crippen molar-refractivity contribution in [2.24, 2.45) is 0 Å². The van der Waals surface area contributed by atoms with Gasteiger partial charge >= 0.3 is 0 Å². The number of aliphatic hydroxyl groups is 1. The quantitative estimate of drug-likeness (QED) is 0.580. The van der Waals surface area contributed by atoms with Crippen LogP contribution in [0.5, 0.6) is 0 Å². The van der Waals surface area contributed by atoms with Gasteiger partial charge in [0, 0.05) is 25.7 Å². The number of hydrogen-bond donors (Lipinski definition) is 3. The fourth-order valence-electron chi connectivity index (χ4n) is 1.14. The van der Waals surface area contributed by atoms with E-state index in [0.717, 1.165) is 0 Å². The van der Waals surface area contributed by atoms with E-state index in [0.29, 0.717) is 25.4 Å². The van der Waals surface area contributed by atoms with Gasteiger partial charge in [-0.1, -0.05) is 5.16 Å². The van der Waals surface area contributed by atoms with Gasteiger partial charge in [0.15, 0.2) is 5.69 Å². The van der Waals surface area contributed by atoms with E-state index in [1.807, 2.05) is 0 Å². The molecule has 1 aromatic heterocycles. The Labute approximate surface area is 94.0 Å². The zero-order valence-electron chi connectivity index (χ0n) is 9.49. The lowest BCUT2D eigenvalue weighted by atomic mass is 10.3. The number of nitrogens with one attached hydrogen (secondary N) is 2. The molecule has 3 N–H and O–H groups in total. The fourth-order valence-corrected chi connectivity index (χ4v) is 1.14. The molecule has 1 heterocycles. The van der Waals surface area contributed by atoms with E-state index in [1.165, 1.54) is 0 Å². The van der Waals surface area contributed by atoms with Gasteiger partial charge in [-0.2, -0.15) is 0 Å². The Kier molecular flexibility index (Phi) is 4.94. The highest BCUT2D eigenvalue weighted by molar-refractivity contribution is 5.92. The number of aliphatic hydroxyl groups excluding tert-OH is 1. The average molecular weight is 227 g/mol. The first-order valence-corrected chi connectivity index (χ1v) is 5.20. The van der Waals surface area contributed by atoms with E-state index in [-0.39, 0.29) is 17.7 Å². The van der Waals surface area contributed by atoms with Crippen molar-refractivity contribution in [3.8, 4) is 0 Å². The van der Waals surface area contributed by atoms with Crippen LogP contribution < -0.4 is 10.6 Å². The van der Waals surface area contributed by atoms with E-state index in [2.05, 4.69) is 15.8 Å². The van der Waals surface area contributed by atoms with Crippen LogP contribution in [-0.2, 0) is 0 Å². The van der Waals surface area contributed by atoms with Gasteiger partial charge in [0.1, 0.15) is 5.76 Å². The predicted molar refractivity (Wildman–Crippen MR) is 58.1 cm³/mol. The number of carbonyl (C=O) groups excluding carboxylic acids is 1. The lowest BCUT2D eigenvalue weighted by Gasteiger charge is -2.06. The zero-order chi connectivity index (χ0) is 12.0. The van der Waals surface area contributed by atoms with Crippen LogP contribution in [0.4, 0.5) is 0 Å². The standard InChI is InChI=1S/C10H17N3O3/c1-7(14)6-11-3-4-12-10(15)9-5-8(2)16-13-9/h5,7,11,14H,3-4,6H2,1-2H3,(H,12,15). The molecule has 1 aromatic rings. The number of rotatable bonds is 6. The van der Waals surface area contributed by atoms with Crippen LogP contribution in [-0.4, -0.2) is 41.9 Å². The topological polar surface area (TPSA) is 87.4 Å². The van der Waals surface area contributed by atoms with Crippen LogP contribution in [0, 0.1) is 6.92 Å². The molecule has 0 bridgehead atoms. The molecule has 1 unspecified atom stereocenters. The Morgan fingerprint density at radius 1 is 1.62 bits per heavy atom. The van der Waals surface area contributed by atoms with Crippen molar-refractivity contribution in [1.29, 1.82) is 0 Å². The number of nitrogens with zero attached hydrogens (tertiary/aromatic N) is 1. The predicted octanol–water partition coefficient (Wildman–Crippen LogP) is -0.317.